The van der Waals surface area contributed by atoms with E-state index in [-0.39, 0.29) is 40.6 Å². The summed E-state index contributed by atoms with van der Waals surface area (Å²) in [7, 11) is 0. The summed E-state index contributed by atoms with van der Waals surface area (Å²) < 4.78 is 53.1. The zero-order chi connectivity index (χ0) is 29.1. The molecule has 216 valence electrons. The summed E-state index contributed by atoms with van der Waals surface area (Å²) in [6.45, 7) is 0.523. The molecule has 1 N–H and O–H groups in total. The number of hydrogen-bond acceptors (Lipinski definition) is 8. The van der Waals surface area contributed by atoms with Gasteiger partial charge in [-0.25, -0.2) is 37.0 Å². The Morgan fingerprint density at radius 3 is 2.62 bits per heavy atom. The van der Waals surface area contributed by atoms with Crippen molar-refractivity contribution in [2.45, 2.75) is 45.1 Å². The van der Waals surface area contributed by atoms with Gasteiger partial charge in [-0.2, -0.15) is 15.2 Å². The van der Waals surface area contributed by atoms with Gasteiger partial charge in [0, 0.05) is 17.0 Å². The normalized spacial score (nSPS) is 14.9. The lowest BCUT2D eigenvalue weighted by atomic mass is 10.2. The first-order valence-corrected chi connectivity index (χ1v) is 13.4. The smallest absolute Gasteiger partial charge is 0.355 e. The van der Waals surface area contributed by atoms with Crippen LogP contribution in [0.15, 0.2) is 40.2 Å². The molecule has 0 radical (unpaired) electrons. The summed E-state index contributed by atoms with van der Waals surface area (Å²) in [5.74, 6) is -3.85. The van der Waals surface area contributed by atoms with E-state index in [1.165, 1.54) is 6.33 Å². The highest BCUT2D eigenvalue weighted by Gasteiger charge is 2.26. The van der Waals surface area contributed by atoms with Crippen molar-refractivity contribution in [3.05, 3.63) is 91.1 Å². The third-order valence-corrected chi connectivity index (χ3v) is 7.53. The van der Waals surface area contributed by atoms with Crippen LogP contribution in [-0.2, 0) is 31.0 Å². The molecule has 0 bridgehead atoms. The van der Waals surface area contributed by atoms with Crippen molar-refractivity contribution in [3.8, 4) is 0 Å². The predicted molar refractivity (Wildman–Crippen MR) is 143 cm³/mol. The van der Waals surface area contributed by atoms with Crippen molar-refractivity contribution in [1.29, 1.82) is 0 Å². The Kier molecular flexibility index (Phi) is 6.35. The second kappa shape index (κ2) is 10.1. The van der Waals surface area contributed by atoms with Crippen LogP contribution in [0.1, 0.15) is 36.0 Å². The van der Waals surface area contributed by atoms with E-state index in [4.69, 9.17) is 16.3 Å². The third-order valence-electron chi connectivity index (χ3n) is 7.21. The van der Waals surface area contributed by atoms with Gasteiger partial charge in [-0.3, -0.25) is 9.25 Å². The highest BCUT2D eigenvalue weighted by atomic mass is 35.5. The fraction of sp³-hybridized carbons (Fsp3) is 0.308. The number of rotatable bonds is 7. The maximum atomic E-state index is 14.7. The van der Waals surface area contributed by atoms with Gasteiger partial charge in [0.2, 0.25) is 5.95 Å². The zero-order valence-electron chi connectivity index (χ0n) is 21.7. The first-order chi connectivity index (χ1) is 20.2. The molecular weight excluding hydrogens is 579 g/mol. The minimum atomic E-state index is -1.38. The molecule has 2 aromatic carbocycles. The van der Waals surface area contributed by atoms with Crippen molar-refractivity contribution >= 4 is 34.1 Å². The fourth-order valence-corrected chi connectivity index (χ4v) is 5.08. The monoisotopic (exact) mass is 599 g/mol. The highest BCUT2D eigenvalue weighted by Crippen LogP contribution is 2.34. The number of halogens is 4. The molecule has 0 atom stereocenters. The van der Waals surface area contributed by atoms with E-state index in [0.717, 1.165) is 33.1 Å². The molecular formula is C26H21ClF3N9O3. The molecule has 2 aliphatic rings. The number of nitrogens with zero attached hydrogens (tertiary/aromatic N) is 8. The van der Waals surface area contributed by atoms with Crippen LogP contribution in [0.25, 0.3) is 10.9 Å². The Labute approximate surface area is 238 Å². The molecule has 1 aliphatic heterocycles. The first-order valence-electron chi connectivity index (χ1n) is 13.0. The molecule has 1 saturated carbocycles. The Morgan fingerprint density at radius 2 is 1.81 bits per heavy atom. The lowest BCUT2D eigenvalue weighted by Gasteiger charge is -2.17. The Balaban J connectivity index is 1.32. The van der Waals surface area contributed by atoms with E-state index in [2.05, 4.69) is 25.5 Å². The lowest BCUT2D eigenvalue weighted by molar-refractivity contribution is 0.0812. The van der Waals surface area contributed by atoms with E-state index in [9.17, 15) is 22.8 Å². The number of benzene rings is 2. The number of ether oxygens (including phenoxy) is 1. The van der Waals surface area contributed by atoms with Gasteiger partial charge in [-0.15, -0.1) is 0 Å². The standard InChI is InChI=1S/C26H21ClF3N9O3/c27-16-7-20-15(22-11-42-4-3-38(22)34-20)6-21(16)32-24-33-25(40)37(10-23-31-12-39(35-23)14-1-2-14)26(41)36(24)9-13-5-18(29)19(30)8-17(13)28/h5-8,12,14H,1-4,9-11H2,(H,32,33,40). The maximum Gasteiger partial charge on any atom is 0.355 e. The summed E-state index contributed by atoms with van der Waals surface area (Å²) in [6.07, 6.45) is 3.44. The minimum absolute atomic E-state index is 0.205. The molecule has 0 spiro atoms. The Hall–Kier alpha value is -4.50. The largest absolute Gasteiger partial charge is 0.373 e. The van der Waals surface area contributed by atoms with E-state index in [1.54, 1.807) is 16.8 Å². The van der Waals surface area contributed by atoms with Crippen LogP contribution in [0, 0.1) is 17.5 Å². The van der Waals surface area contributed by atoms with Gasteiger partial charge in [-0.1, -0.05) is 11.6 Å². The van der Waals surface area contributed by atoms with Crippen molar-refractivity contribution in [1.82, 2.24) is 38.7 Å². The summed E-state index contributed by atoms with van der Waals surface area (Å²) in [6, 6.07) is 4.56. The van der Waals surface area contributed by atoms with Gasteiger partial charge < -0.3 is 10.1 Å². The number of nitrogens with one attached hydrogen (secondary N) is 1. The molecule has 1 aliphatic carbocycles. The van der Waals surface area contributed by atoms with Gasteiger partial charge in [0.25, 0.3) is 0 Å². The van der Waals surface area contributed by atoms with Crippen LogP contribution in [-0.4, -0.2) is 45.3 Å². The van der Waals surface area contributed by atoms with Crippen LogP contribution < -0.4 is 16.7 Å². The Bertz CT molecular complexity index is 2000. The quantitative estimate of drug-likeness (QED) is 0.283. The Morgan fingerprint density at radius 1 is 1.00 bits per heavy atom. The fourth-order valence-electron chi connectivity index (χ4n) is 4.88. The molecule has 42 heavy (non-hydrogen) atoms. The average Bonchev–Trinajstić information content (AvgIpc) is 3.60. The van der Waals surface area contributed by atoms with Crippen molar-refractivity contribution in [2.75, 3.05) is 11.9 Å². The number of hydrogen-bond donors (Lipinski definition) is 1. The molecule has 12 nitrogen and oxygen atoms in total. The molecule has 3 aromatic heterocycles. The first kappa shape index (κ1) is 26.4. The molecule has 5 aromatic rings. The maximum absolute atomic E-state index is 14.7. The lowest BCUT2D eigenvalue weighted by Crippen LogP contribution is -2.43. The van der Waals surface area contributed by atoms with E-state index in [0.29, 0.717) is 37.4 Å². The van der Waals surface area contributed by atoms with Gasteiger partial charge in [0.15, 0.2) is 17.5 Å². The highest BCUT2D eigenvalue weighted by molar-refractivity contribution is 6.34. The molecule has 4 heterocycles. The third kappa shape index (κ3) is 4.73. The molecule has 0 amide bonds. The number of fused-ring (bicyclic) bond motifs is 3. The second-order valence-electron chi connectivity index (χ2n) is 10.1. The van der Waals surface area contributed by atoms with Crippen LogP contribution in [0.3, 0.4) is 0 Å². The average molecular weight is 600 g/mol. The van der Waals surface area contributed by atoms with Gasteiger partial charge >= 0.3 is 11.4 Å². The van der Waals surface area contributed by atoms with Gasteiger partial charge in [0.1, 0.15) is 12.1 Å². The summed E-state index contributed by atoms with van der Waals surface area (Å²) in [4.78, 5) is 35.0. The van der Waals surface area contributed by atoms with Crippen molar-refractivity contribution < 1.29 is 17.9 Å². The van der Waals surface area contributed by atoms with Gasteiger partial charge in [0.05, 0.1) is 60.8 Å². The SMILES string of the molecule is O=c1nc(Nc2cc3c4n(nc3cc2Cl)CCOC4)n(Cc2cc(F)c(F)cc2F)c(=O)n1Cc1ncn(C2CC2)n1. The summed E-state index contributed by atoms with van der Waals surface area (Å²) in [5.41, 5.74) is -0.461. The molecule has 7 rings (SSSR count). The summed E-state index contributed by atoms with van der Waals surface area (Å²) >= 11 is 6.53. The van der Waals surface area contributed by atoms with Crippen LogP contribution in [0.5, 0.6) is 0 Å². The minimum Gasteiger partial charge on any atom is -0.373 e. The molecule has 0 saturated heterocycles. The van der Waals surface area contributed by atoms with Gasteiger partial charge in [-0.05, 0) is 31.0 Å². The predicted octanol–water partition coefficient (Wildman–Crippen LogP) is 3.12. The zero-order valence-corrected chi connectivity index (χ0v) is 22.5. The van der Waals surface area contributed by atoms with Crippen LogP contribution in [0.4, 0.5) is 24.8 Å². The van der Waals surface area contributed by atoms with Crippen LogP contribution >= 0.6 is 11.6 Å². The van der Waals surface area contributed by atoms with E-state index >= 15 is 0 Å². The van der Waals surface area contributed by atoms with Crippen molar-refractivity contribution in [2.24, 2.45) is 0 Å². The van der Waals surface area contributed by atoms with Crippen LogP contribution in [0.2, 0.25) is 5.02 Å². The van der Waals surface area contributed by atoms with E-state index in [1.807, 2.05) is 4.68 Å². The summed E-state index contributed by atoms with van der Waals surface area (Å²) in [5, 5.41) is 12.7. The topological polar surface area (TPSA) is 127 Å². The molecule has 16 heteroatoms. The van der Waals surface area contributed by atoms with Crippen molar-refractivity contribution in [3.63, 3.8) is 0 Å². The number of aromatic nitrogens is 8. The number of anilines is 2. The van der Waals surface area contributed by atoms with E-state index < -0.39 is 35.4 Å². The molecule has 1 fully saturated rings. The molecule has 0 unspecified atom stereocenters. The second-order valence-corrected chi connectivity index (χ2v) is 10.5.